The summed E-state index contributed by atoms with van der Waals surface area (Å²) >= 11 is 6.07. The number of aromatic nitrogens is 1. The Morgan fingerprint density at radius 1 is 1.23 bits per heavy atom. The third kappa shape index (κ3) is 2.95. The molecule has 0 unspecified atom stereocenters. The molecule has 5 heteroatoms. The average molecular weight is 371 g/mol. The maximum Gasteiger partial charge on any atom is 0.310 e. The highest BCUT2D eigenvalue weighted by molar-refractivity contribution is 6.30. The molecule has 0 amide bonds. The number of benzene rings is 2. The lowest BCUT2D eigenvalue weighted by Crippen LogP contribution is -2.10. The first kappa shape index (κ1) is 18.3. The van der Waals surface area contributed by atoms with Crippen molar-refractivity contribution in [1.29, 1.82) is 0 Å². The van der Waals surface area contributed by atoms with Crippen LogP contribution in [0.25, 0.3) is 22.0 Å². The molecule has 0 saturated carbocycles. The number of ether oxygens (including phenoxy) is 1. The molecule has 4 nitrogen and oxygen atoms in total. The monoisotopic (exact) mass is 370 g/mol. The number of rotatable bonds is 4. The zero-order valence-corrected chi connectivity index (χ0v) is 16.3. The van der Waals surface area contributed by atoms with Crippen LogP contribution in [-0.2, 0) is 22.5 Å². The number of hydrogen-bond donors (Lipinski definition) is 1. The third-order valence-corrected chi connectivity index (χ3v) is 5.24. The second kappa shape index (κ2) is 7.04. The number of nitrogens with zero attached hydrogens (tertiary/aromatic N) is 1. The Hall–Kier alpha value is -2.46. The first-order chi connectivity index (χ1) is 12.4. The molecule has 136 valence electrons. The minimum atomic E-state index is -0.284. The molecule has 0 spiro atoms. The Balaban J connectivity index is 2.43. The molecule has 1 aromatic heterocycles. The van der Waals surface area contributed by atoms with Gasteiger partial charge in [0.15, 0.2) is 0 Å². The lowest BCUT2D eigenvalue weighted by atomic mass is 9.89. The summed E-state index contributed by atoms with van der Waals surface area (Å²) in [6.07, 6.45) is 0.177. The van der Waals surface area contributed by atoms with E-state index < -0.39 is 0 Å². The number of esters is 1. The van der Waals surface area contributed by atoms with E-state index in [1.807, 2.05) is 31.2 Å². The van der Waals surface area contributed by atoms with E-state index in [4.69, 9.17) is 22.1 Å². The molecule has 3 aromatic rings. The Morgan fingerprint density at radius 2 is 1.88 bits per heavy atom. The van der Waals surface area contributed by atoms with Gasteiger partial charge in [0.05, 0.1) is 24.7 Å². The molecular formula is C21H23ClN2O2. The molecule has 0 fully saturated rings. The van der Waals surface area contributed by atoms with E-state index in [-0.39, 0.29) is 12.4 Å². The van der Waals surface area contributed by atoms with Crippen LogP contribution in [0.4, 0.5) is 5.69 Å². The van der Waals surface area contributed by atoms with Crippen LogP contribution >= 0.6 is 11.6 Å². The smallest absolute Gasteiger partial charge is 0.310 e. The zero-order valence-electron chi connectivity index (χ0n) is 15.5. The molecular weight excluding hydrogens is 348 g/mol. The minimum absolute atomic E-state index is 0.177. The summed E-state index contributed by atoms with van der Waals surface area (Å²) in [7, 11) is 1.40. The number of fused-ring (bicyclic) bond motifs is 1. The predicted molar refractivity (Wildman–Crippen MR) is 108 cm³/mol. The van der Waals surface area contributed by atoms with Crippen molar-refractivity contribution in [1.82, 2.24) is 4.57 Å². The lowest BCUT2D eigenvalue weighted by molar-refractivity contribution is -0.139. The second-order valence-corrected chi connectivity index (χ2v) is 6.88. The van der Waals surface area contributed by atoms with Gasteiger partial charge in [-0.3, -0.25) is 4.79 Å². The van der Waals surface area contributed by atoms with E-state index in [1.54, 1.807) is 0 Å². The summed E-state index contributed by atoms with van der Waals surface area (Å²) in [4.78, 5) is 12.1. The Morgan fingerprint density at radius 3 is 2.46 bits per heavy atom. The van der Waals surface area contributed by atoms with Crippen molar-refractivity contribution < 1.29 is 9.53 Å². The van der Waals surface area contributed by atoms with Crippen molar-refractivity contribution in [3.8, 4) is 11.1 Å². The van der Waals surface area contributed by atoms with Gasteiger partial charge in [-0.1, -0.05) is 23.7 Å². The minimum Gasteiger partial charge on any atom is -0.469 e. The molecule has 2 aromatic carbocycles. The summed E-state index contributed by atoms with van der Waals surface area (Å²) < 4.78 is 7.12. The third-order valence-electron chi connectivity index (χ3n) is 4.98. The molecule has 0 aliphatic rings. The molecule has 0 aliphatic heterocycles. The van der Waals surface area contributed by atoms with Gasteiger partial charge in [0.25, 0.3) is 0 Å². The van der Waals surface area contributed by atoms with E-state index in [9.17, 15) is 4.79 Å². The first-order valence-corrected chi connectivity index (χ1v) is 9.00. The van der Waals surface area contributed by atoms with E-state index >= 15 is 0 Å². The van der Waals surface area contributed by atoms with Crippen molar-refractivity contribution in [2.45, 2.75) is 33.7 Å². The number of halogens is 1. The van der Waals surface area contributed by atoms with Gasteiger partial charge in [0, 0.05) is 22.6 Å². The Bertz CT molecular complexity index is 988. The van der Waals surface area contributed by atoms with Gasteiger partial charge in [-0.05, 0) is 61.2 Å². The van der Waals surface area contributed by atoms with Gasteiger partial charge in [0.1, 0.15) is 0 Å². The van der Waals surface area contributed by atoms with E-state index in [2.05, 4.69) is 24.5 Å². The summed E-state index contributed by atoms with van der Waals surface area (Å²) in [6.45, 7) is 6.97. The van der Waals surface area contributed by atoms with Crippen LogP contribution in [0.1, 0.15) is 23.7 Å². The summed E-state index contributed by atoms with van der Waals surface area (Å²) in [6, 6.07) is 9.82. The summed E-state index contributed by atoms with van der Waals surface area (Å²) in [5, 5.41) is 1.72. The number of carbonyl (C=O) groups excluding carboxylic acids is 1. The highest BCUT2D eigenvalue weighted by Crippen LogP contribution is 2.41. The van der Waals surface area contributed by atoms with Crippen LogP contribution in [0.5, 0.6) is 0 Å². The molecule has 0 bridgehead atoms. The van der Waals surface area contributed by atoms with Crippen molar-refractivity contribution in [3.63, 3.8) is 0 Å². The number of hydrogen-bond acceptors (Lipinski definition) is 3. The molecule has 3 rings (SSSR count). The lowest BCUT2D eigenvalue weighted by Gasteiger charge is -2.18. The van der Waals surface area contributed by atoms with Gasteiger partial charge in [-0.2, -0.15) is 0 Å². The van der Waals surface area contributed by atoms with E-state index in [0.29, 0.717) is 10.7 Å². The molecule has 0 radical (unpaired) electrons. The number of anilines is 1. The molecule has 26 heavy (non-hydrogen) atoms. The van der Waals surface area contributed by atoms with Gasteiger partial charge >= 0.3 is 5.97 Å². The van der Waals surface area contributed by atoms with Gasteiger partial charge in [0.2, 0.25) is 0 Å². The Labute approximate surface area is 158 Å². The fraction of sp³-hybridized carbons (Fsp3) is 0.286. The van der Waals surface area contributed by atoms with Crippen LogP contribution in [-0.4, -0.2) is 17.6 Å². The SMILES string of the molecule is CCn1c(C)cc2c(-c3ccc(Cl)cc3)c(CC(=O)OC)c(C)c(N)c21. The topological polar surface area (TPSA) is 57.2 Å². The van der Waals surface area contributed by atoms with Crippen molar-refractivity contribution >= 4 is 34.2 Å². The van der Waals surface area contributed by atoms with Crippen molar-refractivity contribution in [2.24, 2.45) is 0 Å². The largest absolute Gasteiger partial charge is 0.469 e. The molecule has 2 N–H and O–H groups in total. The highest BCUT2D eigenvalue weighted by Gasteiger charge is 2.22. The number of aryl methyl sites for hydroxylation is 2. The number of carbonyl (C=O) groups is 1. The van der Waals surface area contributed by atoms with Gasteiger partial charge in [-0.25, -0.2) is 0 Å². The van der Waals surface area contributed by atoms with Crippen LogP contribution in [0.2, 0.25) is 5.02 Å². The summed E-state index contributed by atoms with van der Waals surface area (Å²) in [5.41, 5.74) is 13.2. The predicted octanol–water partition coefficient (Wildman–Crippen LogP) is 4.90. The van der Waals surface area contributed by atoms with Crippen LogP contribution in [0, 0.1) is 13.8 Å². The molecule has 0 atom stereocenters. The van der Waals surface area contributed by atoms with Crippen LogP contribution < -0.4 is 5.73 Å². The number of nitrogens with two attached hydrogens (primary N) is 1. The zero-order chi connectivity index (χ0) is 19.0. The number of methoxy groups -OCH3 is 1. The average Bonchev–Trinajstić information content (AvgIpc) is 2.96. The maximum absolute atomic E-state index is 12.1. The fourth-order valence-corrected chi connectivity index (χ4v) is 3.77. The van der Waals surface area contributed by atoms with E-state index in [1.165, 1.54) is 7.11 Å². The summed E-state index contributed by atoms with van der Waals surface area (Å²) in [5.74, 6) is -0.284. The Kier molecular flexibility index (Phi) is 4.97. The van der Waals surface area contributed by atoms with Crippen LogP contribution in [0.15, 0.2) is 30.3 Å². The molecule has 0 saturated heterocycles. The van der Waals surface area contributed by atoms with Gasteiger partial charge in [-0.15, -0.1) is 0 Å². The molecule has 1 heterocycles. The van der Waals surface area contributed by atoms with Crippen molar-refractivity contribution in [2.75, 3.05) is 12.8 Å². The fourth-order valence-electron chi connectivity index (χ4n) is 3.64. The van der Waals surface area contributed by atoms with Crippen LogP contribution in [0.3, 0.4) is 0 Å². The standard InChI is InChI=1S/C21H23ClN2O2/c1-5-24-12(2)10-17-19(14-6-8-15(22)9-7-14)16(11-18(25)26-4)13(3)20(23)21(17)24/h6-10H,5,11,23H2,1-4H3. The van der Waals surface area contributed by atoms with Crippen molar-refractivity contribution in [3.05, 3.63) is 52.2 Å². The number of nitrogen functional groups attached to an aromatic ring is 1. The van der Waals surface area contributed by atoms with E-state index in [0.717, 1.165) is 45.4 Å². The normalized spacial score (nSPS) is 11.1. The highest BCUT2D eigenvalue weighted by atomic mass is 35.5. The second-order valence-electron chi connectivity index (χ2n) is 6.44. The quantitative estimate of drug-likeness (QED) is 0.525. The maximum atomic E-state index is 12.1. The molecule has 0 aliphatic carbocycles. The first-order valence-electron chi connectivity index (χ1n) is 8.62. The van der Waals surface area contributed by atoms with Gasteiger partial charge < -0.3 is 15.0 Å².